The number of anilines is 1. The van der Waals surface area contributed by atoms with E-state index in [1.165, 1.54) is 14.1 Å². The Balaban J connectivity index is 3.08. The zero-order valence-electron chi connectivity index (χ0n) is 9.82. The molecule has 1 aromatic rings. The van der Waals surface area contributed by atoms with Crippen molar-refractivity contribution >= 4 is 39.1 Å². The van der Waals surface area contributed by atoms with E-state index >= 15 is 0 Å². The lowest BCUT2D eigenvalue weighted by Crippen LogP contribution is -2.28. The fraction of sp³-hybridized carbons (Fsp3) is 0.333. The van der Waals surface area contributed by atoms with Gasteiger partial charge in [-0.05, 0) is 12.1 Å². The monoisotopic (exact) mass is 334 g/mol. The highest BCUT2D eigenvalue weighted by molar-refractivity contribution is 7.90. The average Bonchev–Trinajstić information content (AvgIpc) is 2.22. The van der Waals surface area contributed by atoms with E-state index < -0.39 is 22.6 Å². The number of benzene rings is 1. The second-order valence-electron chi connectivity index (χ2n) is 3.54. The second kappa shape index (κ2) is 6.08. The van der Waals surface area contributed by atoms with Crippen LogP contribution in [0.15, 0.2) is 12.1 Å². The van der Waals surface area contributed by atoms with E-state index in [4.69, 9.17) is 23.2 Å². The molecular formula is C9H10Cl2F2N2O3S. The van der Waals surface area contributed by atoms with Gasteiger partial charge in [0.15, 0.2) is 5.75 Å². The van der Waals surface area contributed by atoms with Crippen molar-refractivity contribution < 1.29 is 21.9 Å². The maximum atomic E-state index is 12.1. The van der Waals surface area contributed by atoms with E-state index in [-0.39, 0.29) is 15.7 Å². The van der Waals surface area contributed by atoms with E-state index in [0.29, 0.717) is 0 Å². The second-order valence-corrected chi connectivity index (χ2v) is 6.24. The molecule has 0 aliphatic carbocycles. The van der Waals surface area contributed by atoms with Gasteiger partial charge in [-0.2, -0.15) is 21.5 Å². The molecule has 0 aliphatic rings. The molecule has 19 heavy (non-hydrogen) atoms. The Kier molecular flexibility index (Phi) is 5.19. The lowest BCUT2D eigenvalue weighted by Gasteiger charge is -2.15. The summed E-state index contributed by atoms with van der Waals surface area (Å²) in [5.41, 5.74) is 0.0327. The number of hydrogen-bond acceptors (Lipinski definition) is 3. The van der Waals surface area contributed by atoms with Crippen molar-refractivity contribution in [3.8, 4) is 5.75 Å². The summed E-state index contributed by atoms with van der Waals surface area (Å²) in [5.74, 6) is -0.411. The zero-order valence-corrected chi connectivity index (χ0v) is 12.2. The van der Waals surface area contributed by atoms with Crippen LogP contribution in [0.3, 0.4) is 0 Å². The third-order valence-corrected chi connectivity index (χ3v) is 3.95. The summed E-state index contributed by atoms with van der Waals surface area (Å²) in [7, 11) is -1.11. The SMILES string of the molecule is CN(C)S(=O)(=O)Nc1cc(Cl)c(OC(F)F)c(Cl)c1. The van der Waals surface area contributed by atoms with Crippen molar-refractivity contribution in [1.29, 1.82) is 0 Å². The van der Waals surface area contributed by atoms with Crippen molar-refractivity contribution in [2.24, 2.45) is 0 Å². The van der Waals surface area contributed by atoms with E-state index in [2.05, 4.69) is 9.46 Å². The molecule has 1 N–H and O–H groups in total. The van der Waals surface area contributed by atoms with Gasteiger partial charge in [0, 0.05) is 14.1 Å². The van der Waals surface area contributed by atoms with Crippen molar-refractivity contribution in [3.05, 3.63) is 22.2 Å². The van der Waals surface area contributed by atoms with E-state index in [9.17, 15) is 17.2 Å². The molecule has 0 amide bonds. The Morgan fingerprint density at radius 3 is 2.11 bits per heavy atom. The highest BCUT2D eigenvalue weighted by atomic mass is 35.5. The van der Waals surface area contributed by atoms with Crippen LogP contribution in [0, 0.1) is 0 Å². The topological polar surface area (TPSA) is 58.6 Å². The molecule has 1 aromatic carbocycles. The first kappa shape index (κ1) is 16.2. The number of halogens is 4. The molecule has 0 saturated heterocycles. The predicted octanol–water partition coefficient (Wildman–Crippen LogP) is 2.81. The Morgan fingerprint density at radius 1 is 1.26 bits per heavy atom. The molecular weight excluding hydrogens is 325 g/mol. The summed E-state index contributed by atoms with van der Waals surface area (Å²) in [5, 5.41) is -0.464. The Morgan fingerprint density at radius 2 is 1.74 bits per heavy atom. The molecule has 5 nitrogen and oxygen atoms in total. The quantitative estimate of drug-likeness (QED) is 0.900. The van der Waals surface area contributed by atoms with Crippen LogP contribution in [0.4, 0.5) is 14.5 Å². The van der Waals surface area contributed by atoms with Gasteiger partial charge in [-0.15, -0.1) is 0 Å². The molecule has 0 bridgehead atoms. The van der Waals surface area contributed by atoms with Crippen molar-refractivity contribution in [1.82, 2.24) is 4.31 Å². The first-order valence-corrected chi connectivity index (χ1v) is 6.97. The first-order valence-electron chi connectivity index (χ1n) is 4.77. The van der Waals surface area contributed by atoms with Crippen molar-refractivity contribution in [2.75, 3.05) is 18.8 Å². The van der Waals surface area contributed by atoms with Gasteiger partial charge in [-0.25, -0.2) is 0 Å². The highest BCUT2D eigenvalue weighted by Crippen LogP contribution is 2.37. The number of hydrogen-bond donors (Lipinski definition) is 1. The molecule has 0 heterocycles. The lowest BCUT2D eigenvalue weighted by atomic mass is 10.3. The van der Waals surface area contributed by atoms with E-state index in [1.807, 2.05) is 0 Å². The van der Waals surface area contributed by atoms with Gasteiger partial charge in [0.1, 0.15) is 0 Å². The van der Waals surface area contributed by atoms with Crippen LogP contribution < -0.4 is 9.46 Å². The standard InChI is InChI=1S/C9H10Cl2F2N2O3S/c1-15(2)19(16,17)14-5-3-6(10)8(7(11)4-5)18-9(12)13/h3-4,9,14H,1-2H3. The van der Waals surface area contributed by atoms with Crippen molar-refractivity contribution in [3.63, 3.8) is 0 Å². The molecule has 0 radical (unpaired) electrons. The number of ether oxygens (including phenoxy) is 1. The minimum absolute atomic E-state index is 0.0327. The molecule has 0 atom stereocenters. The molecule has 0 spiro atoms. The van der Waals surface area contributed by atoms with Crippen LogP contribution in [-0.4, -0.2) is 33.4 Å². The smallest absolute Gasteiger partial charge is 0.387 e. The highest BCUT2D eigenvalue weighted by Gasteiger charge is 2.18. The first-order chi connectivity index (χ1) is 8.63. The van der Waals surface area contributed by atoms with E-state index in [0.717, 1.165) is 16.4 Å². The Bertz CT molecular complexity index is 544. The van der Waals surface area contributed by atoms with Crippen LogP contribution in [0.25, 0.3) is 0 Å². The minimum Gasteiger partial charge on any atom is -0.432 e. The fourth-order valence-corrected chi connectivity index (χ4v) is 2.24. The molecule has 0 fully saturated rings. The third kappa shape index (κ3) is 4.34. The Labute approximate surface area is 119 Å². The van der Waals surface area contributed by atoms with Gasteiger partial charge in [0.05, 0.1) is 15.7 Å². The van der Waals surface area contributed by atoms with Gasteiger partial charge < -0.3 is 4.74 Å². The van der Waals surface area contributed by atoms with Gasteiger partial charge in [0.2, 0.25) is 0 Å². The summed E-state index contributed by atoms with van der Waals surface area (Å²) in [6.45, 7) is -3.08. The molecule has 108 valence electrons. The van der Waals surface area contributed by atoms with Crippen molar-refractivity contribution in [2.45, 2.75) is 6.61 Å². The number of nitrogens with zero attached hydrogens (tertiary/aromatic N) is 1. The maximum absolute atomic E-state index is 12.1. The predicted molar refractivity (Wildman–Crippen MR) is 69.3 cm³/mol. The molecule has 0 aliphatic heterocycles. The fourth-order valence-electron chi connectivity index (χ4n) is 1.06. The summed E-state index contributed by atoms with van der Waals surface area (Å²) < 4.78 is 54.5. The van der Waals surface area contributed by atoms with Crippen LogP contribution in [0.1, 0.15) is 0 Å². The summed E-state index contributed by atoms with van der Waals surface area (Å²) >= 11 is 11.4. The van der Waals surface area contributed by atoms with Crippen LogP contribution in [0.2, 0.25) is 10.0 Å². The van der Waals surface area contributed by atoms with E-state index in [1.54, 1.807) is 0 Å². The van der Waals surface area contributed by atoms with Gasteiger partial charge >= 0.3 is 16.8 Å². The summed E-state index contributed by atoms with van der Waals surface area (Å²) in [6, 6.07) is 2.23. The summed E-state index contributed by atoms with van der Waals surface area (Å²) in [6.07, 6.45) is 0. The molecule has 0 saturated carbocycles. The molecule has 0 aromatic heterocycles. The van der Waals surface area contributed by atoms with Crippen LogP contribution in [-0.2, 0) is 10.2 Å². The van der Waals surface area contributed by atoms with Gasteiger partial charge in [0.25, 0.3) is 0 Å². The summed E-state index contributed by atoms with van der Waals surface area (Å²) in [4.78, 5) is 0. The number of rotatable bonds is 5. The Hall–Kier alpha value is -0.830. The zero-order chi connectivity index (χ0) is 14.8. The molecule has 10 heteroatoms. The number of nitrogens with one attached hydrogen (secondary N) is 1. The average molecular weight is 335 g/mol. The molecule has 0 unspecified atom stereocenters. The number of alkyl halides is 2. The largest absolute Gasteiger partial charge is 0.432 e. The third-order valence-electron chi connectivity index (χ3n) is 1.93. The van der Waals surface area contributed by atoms with Gasteiger partial charge in [-0.3, -0.25) is 4.72 Å². The van der Waals surface area contributed by atoms with Crippen LogP contribution >= 0.6 is 23.2 Å². The maximum Gasteiger partial charge on any atom is 0.387 e. The molecule has 1 rings (SSSR count). The minimum atomic E-state index is -3.74. The van der Waals surface area contributed by atoms with Crippen LogP contribution in [0.5, 0.6) is 5.75 Å². The lowest BCUT2D eigenvalue weighted by molar-refractivity contribution is -0.0497. The van der Waals surface area contributed by atoms with Gasteiger partial charge in [-0.1, -0.05) is 23.2 Å². The normalized spacial score (nSPS) is 12.0.